The van der Waals surface area contributed by atoms with Crippen LogP contribution in [-0.2, 0) is 19.6 Å². The molecule has 2 aliphatic rings. The molecule has 0 aliphatic carbocycles. The first-order chi connectivity index (χ1) is 14.7. The van der Waals surface area contributed by atoms with E-state index in [4.69, 9.17) is 9.47 Å². The van der Waals surface area contributed by atoms with Gasteiger partial charge in [0.15, 0.2) is 11.5 Å². The van der Waals surface area contributed by atoms with Gasteiger partial charge in [0.1, 0.15) is 13.2 Å². The number of hydrogen-bond acceptors (Lipinski definition) is 4. The van der Waals surface area contributed by atoms with E-state index in [2.05, 4.69) is 28.4 Å². The van der Waals surface area contributed by atoms with Gasteiger partial charge < -0.3 is 19.7 Å². The zero-order valence-corrected chi connectivity index (χ0v) is 17.7. The molecule has 2 aromatic carbocycles. The smallest absolute Gasteiger partial charge is 0.317 e. The third-order valence-corrected chi connectivity index (χ3v) is 5.76. The number of amides is 2. The molecule has 1 fully saturated rings. The van der Waals surface area contributed by atoms with Crippen LogP contribution in [0.4, 0.5) is 4.79 Å². The van der Waals surface area contributed by atoms with Crippen LogP contribution in [0.3, 0.4) is 0 Å². The summed E-state index contributed by atoms with van der Waals surface area (Å²) in [6.45, 7) is 5.47. The predicted octanol–water partition coefficient (Wildman–Crippen LogP) is 3.79. The number of carbonyl (C=O) groups excluding carboxylic acids is 1. The molecule has 0 radical (unpaired) electrons. The molecular weight excluding hydrogens is 378 g/mol. The Balaban J connectivity index is 1.32. The largest absolute Gasteiger partial charge is 0.486 e. The first-order valence-electron chi connectivity index (χ1n) is 10.9. The summed E-state index contributed by atoms with van der Waals surface area (Å²) in [7, 11) is 1.81. The number of ether oxygens (including phenoxy) is 2. The van der Waals surface area contributed by atoms with Crippen LogP contribution in [0.2, 0.25) is 0 Å². The normalized spacial score (nSPS) is 16.2. The Hall–Kier alpha value is -2.73. The summed E-state index contributed by atoms with van der Waals surface area (Å²) in [6.07, 6.45) is 3.90. The van der Waals surface area contributed by atoms with Gasteiger partial charge in [0.25, 0.3) is 0 Å². The zero-order valence-electron chi connectivity index (χ0n) is 17.7. The van der Waals surface area contributed by atoms with E-state index in [1.807, 2.05) is 31.3 Å². The van der Waals surface area contributed by atoms with Gasteiger partial charge in [0, 0.05) is 26.7 Å². The highest BCUT2D eigenvalue weighted by Crippen LogP contribution is 2.31. The van der Waals surface area contributed by atoms with Crippen molar-refractivity contribution in [2.45, 2.75) is 38.9 Å². The minimum atomic E-state index is -0.0855. The molecule has 2 aromatic rings. The third-order valence-electron chi connectivity index (χ3n) is 5.76. The second kappa shape index (κ2) is 9.85. The SMILES string of the molecule is CN(Cc1ccc2c(c1)OCCO2)C(=O)NCc1ccccc1CN1CCCCC1. The van der Waals surface area contributed by atoms with Crippen LogP contribution >= 0.6 is 0 Å². The number of nitrogens with zero attached hydrogens (tertiary/aromatic N) is 2. The summed E-state index contributed by atoms with van der Waals surface area (Å²) in [4.78, 5) is 16.9. The summed E-state index contributed by atoms with van der Waals surface area (Å²) >= 11 is 0. The summed E-state index contributed by atoms with van der Waals surface area (Å²) in [5.41, 5.74) is 3.50. The van der Waals surface area contributed by atoms with Gasteiger partial charge in [-0.2, -0.15) is 0 Å². The van der Waals surface area contributed by atoms with E-state index in [0.717, 1.165) is 23.6 Å². The Morgan fingerprint density at radius 1 is 1.00 bits per heavy atom. The van der Waals surface area contributed by atoms with Crippen molar-refractivity contribution in [2.24, 2.45) is 0 Å². The molecule has 2 amide bonds. The van der Waals surface area contributed by atoms with Crippen LogP contribution in [0, 0.1) is 0 Å². The van der Waals surface area contributed by atoms with Crippen molar-refractivity contribution in [3.05, 3.63) is 59.2 Å². The lowest BCUT2D eigenvalue weighted by Gasteiger charge is -2.27. The van der Waals surface area contributed by atoms with Crippen LogP contribution in [0.25, 0.3) is 0 Å². The van der Waals surface area contributed by atoms with E-state index in [0.29, 0.717) is 26.3 Å². The molecule has 1 N–H and O–H groups in total. The molecule has 6 heteroatoms. The Labute approximate surface area is 178 Å². The number of likely N-dealkylation sites (tertiary alicyclic amines) is 1. The van der Waals surface area contributed by atoms with Crippen molar-refractivity contribution >= 4 is 6.03 Å². The number of nitrogens with one attached hydrogen (secondary N) is 1. The number of rotatable bonds is 6. The van der Waals surface area contributed by atoms with Crippen LogP contribution in [0.5, 0.6) is 11.5 Å². The fourth-order valence-electron chi connectivity index (χ4n) is 4.08. The second-order valence-electron chi connectivity index (χ2n) is 8.10. The van der Waals surface area contributed by atoms with Gasteiger partial charge in [-0.25, -0.2) is 4.79 Å². The van der Waals surface area contributed by atoms with Gasteiger partial charge in [-0.3, -0.25) is 4.90 Å². The van der Waals surface area contributed by atoms with E-state index in [1.165, 1.54) is 43.5 Å². The van der Waals surface area contributed by atoms with E-state index >= 15 is 0 Å². The zero-order chi connectivity index (χ0) is 20.8. The summed E-state index contributed by atoms with van der Waals surface area (Å²) in [6, 6.07) is 14.2. The molecule has 30 heavy (non-hydrogen) atoms. The maximum atomic E-state index is 12.7. The fraction of sp³-hybridized carbons (Fsp3) is 0.458. The Kier molecular flexibility index (Phi) is 6.74. The number of benzene rings is 2. The highest BCUT2D eigenvalue weighted by Gasteiger charge is 2.16. The van der Waals surface area contributed by atoms with Gasteiger partial charge in [-0.05, 0) is 54.8 Å². The van der Waals surface area contributed by atoms with Crippen LogP contribution in [-0.4, -0.2) is 49.2 Å². The van der Waals surface area contributed by atoms with Crippen LogP contribution in [0.15, 0.2) is 42.5 Å². The number of urea groups is 1. The molecule has 0 bridgehead atoms. The van der Waals surface area contributed by atoms with Gasteiger partial charge in [0.2, 0.25) is 0 Å². The molecule has 0 atom stereocenters. The molecule has 0 saturated carbocycles. The lowest BCUT2D eigenvalue weighted by molar-refractivity contribution is 0.171. The number of fused-ring (bicyclic) bond motifs is 1. The average Bonchev–Trinajstić information content (AvgIpc) is 2.79. The van der Waals surface area contributed by atoms with Crippen molar-refractivity contribution < 1.29 is 14.3 Å². The summed E-state index contributed by atoms with van der Waals surface area (Å²) in [5, 5.41) is 3.07. The fourth-order valence-corrected chi connectivity index (χ4v) is 4.08. The quantitative estimate of drug-likeness (QED) is 0.789. The molecule has 0 aromatic heterocycles. The molecule has 0 unspecified atom stereocenters. The maximum Gasteiger partial charge on any atom is 0.317 e. The van der Waals surface area contributed by atoms with Crippen LogP contribution < -0.4 is 14.8 Å². The molecule has 160 valence electrons. The standard InChI is InChI=1S/C24H31N3O3/c1-26(17-19-9-10-22-23(15-19)30-14-13-29-22)24(28)25-16-20-7-3-4-8-21(20)18-27-11-5-2-6-12-27/h3-4,7-10,15H,2,5-6,11-14,16-18H2,1H3,(H,25,28). The van der Waals surface area contributed by atoms with Crippen molar-refractivity contribution in [1.82, 2.24) is 15.1 Å². The minimum Gasteiger partial charge on any atom is -0.486 e. The predicted molar refractivity (Wildman–Crippen MR) is 117 cm³/mol. The molecular formula is C24H31N3O3. The lowest BCUT2D eigenvalue weighted by atomic mass is 10.0. The first-order valence-corrected chi connectivity index (χ1v) is 10.9. The topological polar surface area (TPSA) is 54.0 Å². The van der Waals surface area contributed by atoms with Gasteiger partial charge in [-0.15, -0.1) is 0 Å². The minimum absolute atomic E-state index is 0.0855. The summed E-state index contributed by atoms with van der Waals surface area (Å²) in [5.74, 6) is 1.52. The molecule has 0 spiro atoms. The van der Waals surface area contributed by atoms with E-state index < -0.39 is 0 Å². The van der Waals surface area contributed by atoms with Crippen LogP contribution in [0.1, 0.15) is 36.0 Å². The highest BCUT2D eigenvalue weighted by atomic mass is 16.6. The van der Waals surface area contributed by atoms with E-state index in [9.17, 15) is 4.79 Å². The van der Waals surface area contributed by atoms with Gasteiger partial charge in [0.05, 0.1) is 0 Å². The number of carbonyl (C=O) groups is 1. The Morgan fingerprint density at radius 3 is 2.53 bits per heavy atom. The second-order valence-corrected chi connectivity index (χ2v) is 8.10. The average molecular weight is 410 g/mol. The van der Waals surface area contributed by atoms with Crippen molar-refractivity contribution in [3.8, 4) is 11.5 Å². The highest BCUT2D eigenvalue weighted by molar-refractivity contribution is 5.74. The van der Waals surface area contributed by atoms with E-state index in [-0.39, 0.29) is 6.03 Å². The first kappa shape index (κ1) is 20.5. The number of piperidine rings is 1. The van der Waals surface area contributed by atoms with E-state index in [1.54, 1.807) is 4.90 Å². The van der Waals surface area contributed by atoms with Gasteiger partial charge >= 0.3 is 6.03 Å². The molecule has 4 rings (SSSR count). The maximum absolute atomic E-state index is 12.7. The van der Waals surface area contributed by atoms with Crippen molar-refractivity contribution in [1.29, 1.82) is 0 Å². The molecule has 1 saturated heterocycles. The number of hydrogen-bond donors (Lipinski definition) is 1. The molecule has 6 nitrogen and oxygen atoms in total. The Morgan fingerprint density at radius 2 is 1.73 bits per heavy atom. The monoisotopic (exact) mass is 409 g/mol. The molecule has 2 heterocycles. The van der Waals surface area contributed by atoms with Crippen molar-refractivity contribution in [2.75, 3.05) is 33.4 Å². The Bertz CT molecular complexity index is 865. The molecule has 2 aliphatic heterocycles. The lowest BCUT2D eigenvalue weighted by Crippen LogP contribution is -2.36. The van der Waals surface area contributed by atoms with Gasteiger partial charge in [-0.1, -0.05) is 36.8 Å². The van der Waals surface area contributed by atoms with Crippen molar-refractivity contribution in [3.63, 3.8) is 0 Å². The summed E-state index contributed by atoms with van der Waals surface area (Å²) < 4.78 is 11.2. The third kappa shape index (κ3) is 5.25.